The number of thioether (sulfide) groups is 1. The van der Waals surface area contributed by atoms with Crippen molar-refractivity contribution in [3.05, 3.63) is 124 Å². The minimum absolute atomic E-state index is 0.0625. The van der Waals surface area contributed by atoms with Crippen LogP contribution in [0.5, 0.6) is 5.75 Å². The van der Waals surface area contributed by atoms with Gasteiger partial charge in [-0.05, 0) is 79.6 Å². The Bertz CT molecular complexity index is 1700. The van der Waals surface area contributed by atoms with Gasteiger partial charge in [-0.3, -0.25) is 14.5 Å². The van der Waals surface area contributed by atoms with Gasteiger partial charge in [0.1, 0.15) is 5.75 Å². The standard InChI is InChI=1S/C38H40N4O3S/c1-28-8-6-11-30(24-28)27-42-34-26-31(12-17-35(34)46-36(38(42)44)25-29-9-4-3-5-10-29)37(43)39-18-7-19-40-20-22-41(23-21-40)32-13-15-33(45-2)16-14-32/h3-6,8-17,24-26H,7,18-23,27H2,1-2H3,(H,39,43). The van der Waals surface area contributed by atoms with Gasteiger partial charge in [-0.2, -0.15) is 0 Å². The van der Waals surface area contributed by atoms with Crippen molar-refractivity contribution in [3.63, 3.8) is 0 Å². The molecule has 46 heavy (non-hydrogen) atoms. The quantitative estimate of drug-likeness (QED) is 0.157. The van der Waals surface area contributed by atoms with Crippen molar-refractivity contribution in [1.29, 1.82) is 0 Å². The van der Waals surface area contributed by atoms with E-state index in [4.69, 9.17) is 4.74 Å². The second-order valence-corrected chi connectivity index (χ2v) is 12.8. The Balaban J connectivity index is 1.08. The number of piperazine rings is 1. The molecule has 2 aliphatic rings. The van der Waals surface area contributed by atoms with E-state index in [2.05, 4.69) is 46.3 Å². The van der Waals surface area contributed by atoms with Crippen molar-refractivity contribution in [1.82, 2.24) is 10.2 Å². The highest BCUT2D eigenvalue weighted by Crippen LogP contribution is 2.43. The van der Waals surface area contributed by atoms with E-state index in [0.29, 0.717) is 23.6 Å². The summed E-state index contributed by atoms with van der Waals surface area (Å²) in [6.45, 7) is 7.96. The summed E-state index contributed by atoms with van der Waals surface area (Å²) >= 11 is 1.46. The molecule has 0 unspecified atom stereocenters. The second kappa shape index (κ2) is 14.7. The predicted molar refractivity (Wildman–Crippen MR) is 188 cm³/mol. The van der Waals surface area contributed by atoms with Crippen LogP contribution in [0.3, 0.4) is 0 Å². The minimum atomic E-state index is -0.120. The Labute approximate surface area is 275 Å². The van der Waals surface area contributed by atoms with Crippen LogP contribution in [-0.2, 0) is 11.3 Å². The largest absolute Gasteiger partial charge is 0.497 e. The Morgan fingerprint density at radius 2 is 1.70 bits per heavy atom. The number of hydrogen-bond donors (Lipinski definition) is 1. The summed E-state index contributed by atoms with van der Waals surface area (Å²) in [5, 5.41) is 3.11. The van der Waals surface area contributed by atoms with E-state index in [1.165, 1.54) is 17.4 Å². The van der Waals surface area contributed by atoms with Gasteiger partial charge in [0.15, 0.2) is 0 Å². The van der Waals surface area contributed by atoms with Crippen LogP contribution in [0.1, 0.15) is 33.5 Å². The number of rotatable bonds is 10. The molecule has 1 N–H and O–H groups in total. The molecule has 1 saturated heterocycles. The number of ether oxygens (including phenoxy) is 1. The van der Waals surface area contributed by atoms with Gasteiger partial charge in [0.05, 0.1) is 24.2 Å². The van der Waals surface area contributed by atoms with Crippen LogP contribution in [0.2, 0.25) is 0 Å². The molecule has 2 amide bonds. The normalized spacial score (nSPS) is 16.0. The van der Waals surface area contributed by atoms with Crippen molar-refractivity contribution < 1.29 is 14.3 Å². The fourth-order valence-corrected chi connectivity index (χ4v) is 6.97. The number of carbonyl (C=O) groups is 2. The zero-order valence-electron chi connectivity index (χ0n) is 26.4. The minimum Gasteiger partial charge on any atom is -0.497 e. The molecule has 1 fully saturated rings. The van der Waals surface area contributed by atoms with Gasteiger partial charge in [-0.15, -0.1) is 0 Å². The molecule has 0 spiro atoms. The van der Waals surface area contributed by atoms with Gasteiger partial charge in [-0.1, -0.05) is 71.9 Å². The number of nitrogens with one attached hydrogen (secondary N) is 1. The molecule has 0 bridgehead atoms. The molecule has 8 heteroatoms. The molecule has 2 aliphatic heterocycles. The van der Waals surface area contributed by atoms with Gasteiger partial charge in [0.2, 0.25) is 0 Å². The maximum Gasteiger partial charge on any atom is 0.265 e. The summed E-state index contributed by atoms with van der Waals surface area (Å²) < 4.78 is 5.28. The topological polar surface area (TPSA) is 65.1 Å². The van der Waals surface area contributed by atoms with E-state index in [1.54, 1.807) is 12.0 Å². The molecule has 7 nitrogen and oxygen atoms in total. The number of nitrogens with zero attached hydrogens (tertiary/aromatic N) is 3. The average molecular weight is 633 g/mol. The van der Waals surface area contributed by atoms with E-state index in [1.807, 2.05) is 78.9 Å². The lowest BCUT2D eigenvalue weighted by Gasteiger charge is -2.36. The SMILES string of the molecule is COc1ccc(N2CCN(CCCNC(=O)c3ccc4c(c3)N(Cc3cccc(C)c3)C(=O)C(=Cc3ccccc3)S4)CC2)cc1. The summed E-state index contributed by atoms with van der Waals surface area (Å²) in [4.78, 5) is 35.4. The van der Waals surface area contributed by atoms with Crippen LogP contribution < -0.4 is 19.9 Å². The number of carbonyl (C=O) groups excluding carboxylic acids is 2. The lowest BCUT2D eigenvalue weighted by molar-refractivity contribution is -0.114. The van der Waals surface area contributed by atoms with Gasteiger partial charge in [0, 0.05) is 48.9 Å². The van der Waals surface area contributed by atoms with Crippen molar-refractivity contribution in [3.8, 4) is 5.75 Å². The summed E-state index contributed by atoms with van der Waals surface area (Å²) in [7, 11) is 1.69. The number of aryl methyl sites for hydroxylation is 1. The van der Waals surface area contributed by atoms with Gasteiger partial charge >= 0.3 is 0 Å². The molecule has 0 atom stereocenters. The van der Waals surface area contributed by atoms with Crippen LogP contribution in [0.25, 0.3) is 6.08 Å². The molecule has 4 aromatic rings. The maximum atomic E-state index is 13.9. The van der Waals surface area contributed by atoms with Crippen molar-refractivity contribution in [2.24, 2.45) is 0 Å². The number of hydrogen-bond acceptors (Lipinski definition) is 6. The highest BCUT2D eigenvalue weighted by Gasteiger charge is 2.30. The first kappa shape index (κ1) is 31.5. The lowest BCUT2D eigenvalue weighted by Crippen LogP contribution is -2.47. The monoisotopic (exact) mass is 632 g/mol. The lowest BCUT2D eigenvalue weighted by atomic mass is 10.1. The van der Waals surface area contributed by atoms with Gasteiger partial charge in [0.25, 0.3) is 11.8 Å². The van der Waals surface area contributed by atoms with Crippen LogP contribution in [0.4, 0.5) is 11.4 Å². The van der Waals surface area contributed by atoms with Crippen LogP contribution in [-0.4, -0.2) is 63.1 Å². The molecule has 0 saturated carbocycles. The van der Waals surface area contributed by atoms with E-state index in [0.717, 1.165) is 72.2 Å². The van der Waals surface area contributed by atoms with E-state index >= 15 is 0 Å². The zero-order chi connectivity index (χ0) is 31.9. The maximum absolute atomic E-state index is 13.9. The molecule has 4 aromatic carbocycles. The molecule has 0 radical (unpaired) electrons. The summed E-state index contributed by atoms with van der Waals surface area (Å²) in [6, 6.07) is 32.0. The predicted octanol–water partition coefficient (Wildman–Crippen LogP) is 6.63. The van der Waals surface area contributed by atoms with Crippen molar-refractivity contribution in [2.45, 2.75) is 24.8 Å². The summed E-state index contributed by atoms with van der Waals surface area (Å²) in [5.74, 6) is 0.690. The Kier molecular flexibility index (Phi) is 10.1. The Morgan fingerprint density at radius 1 is 0.913 bits per heavy atom. The van der Waals surface area contributed by atoms with E-state index < -0.39 is 0 Å². The smallest absolute Gasteiger partial charge is 0.265 e. The van der Waals surface area contributed by atoms with Crippen LogP contribution in [0, 0.1) is 6.92 Å². The third-order valence-electron chi connectivity index (χ3n) is 8.45. The molecule has 0 aliphatic carbocycles. The highest BCUT2D eigenvalue weighted by molar-refractivity contribution is 8.04. The summed E-state index contributed by atoms with van der Waals surface area (Å²) in [5.41, 5.74) is 5.72. The molecular weight excluding hydrogens is 593 g/mol. The number of methoxy groups -OCH3 is 1. The van der Waals surface area contributed by atoms with Crippen LogP contribution in [0.15, 0.2) is 107 Å². The molecule has 236 valence electrons. The first-order valence-corrected chi connectivity index (χ1v) is 16.6. The fraction of sp³-hybridized carbons (Fsp3) is 0.263. The molecular formula is C38H40N4O3S. The fourth-order valence-electron chi connectivity index (χ4n) is 5.93. The molecule has 6 rings (SSSR count). The van der Waals surface area contributed by atoms with E-state index in [9.17, 15) is 9.59 Å². The molecule has 2 heterocycles. The van der Waals surface area contributed by atoms with Crippen molar-refractivity contribution in [2.75, 3.05) is 56.2 Å². The van der Waals surface area contributed by atoms with Gasteiger partial charge < -0.3 is 19.9 Å². The number of anilines is 2. The average Bonchev–Trinajstić information content (AvgIpc) is 3.09. The third-order valence-corrected chi connectivity index (χ3v) is 9.53. The second-order valence-electron chi connectivity index (χ2n) is 11.7. The van der Waals surface area contributed by atoms with E-state index in [-0.39, 0.29) is 11.8 Å². The van der Waals surface area contributed by atoms with Crippen LogP contribution >= 0.6 is 11.8 Å². The zero-order valence-corrected chi connectivity index (χ0v) is 27.3. The Hall–Kier alpha value is -4.53. The highest BCUT2D eigenvalue weighted by atomic mass is 32.2. The number of fused-ring (bicyclic) bond motifs is 1. The number of amides is 2. The van der Waals surface area contributed by atoms with Gasteiger partial charge in [-0.25, -0.2) is 0 Å². The Morgan fingerprint density at radius 3 is 2.43 bits per heavy atom. The summed E-state index contributed by atoms with van der Waals surface area (Å²) in [6.07, 6.45) is 2.82. The first-order valence-electron chi connectivity index (χ1n) is 15.8. The first-order chi connectivity index (χ1) is 22.5. The number of benzene rings is 4. The van der Waals surface area contributed by atoms with Crippen molar-refractivity contribution >= 4 is 41.0 Å². The molecule has 0 aromatic heterocycles. The third kappa shape index (κ3) is 7.63.